The molecule has 0 radical (unpaired) electrons. The van der Waals surface area contributed by atoms with Gasteiger partial charge >= 0.3 is 0 Å². The predicted octanol–water partition coefficient (Wildman–Crippen LogP) is 1.66. The number of anilines is 1. The van der Waals surface area contributed by atoms with Gasteiger partial charge in [0.2, 0.25) is 0 Å². The second-order valence-electron chi connectivity index (χ2n) is 2.61. The Hall–Kier alpha value is -1.77. The van der Waals surface area contributed by atoms with Gasteiger partial charge in [0, 0.05) is 17.4 Å². The first-order valence-electron chi connectivity index (χ1n) is 3.71. The normalized spacial score (nSPS) is 10.0. The van der Waals surface area contributed by atoms with Crippen molar-refractivity contribution in [2.24, 2.45) is 0 Å². The van der Waals surface area contributed by atoms with Gasteiger partial charge in [-0.1, -0.05) is 12.1 Å². The maximum absolute atomic E-state index is 5.56. The smallest absolute Gasteiger partial charge is 0.0565 e. The average molecular weight is 159 g/mol. The summed E-state index contributed by atoms with van der Waals surface area (Å²) < 4.78 is 0. The number of rotatable bonds is 1. The van der Waals surface area contributed by atoms with Gasteiger partial charge in [-0.2, -0.15) is 5.10 Å². The van der Waals surface area contributed by atoms with Gasteiger partial charge in [0.25, 0.3) is 0 Å². The van der Waals surface area contributed by atoms with E-state index in [1.165, 1.54) is 0 Å². The number of aromatic amines is 1. The molecule has 1 heterocycles. The second kappa shape index (κ2) is 2.70. The molecule has 0 saturated heterocycles. The predicted molar refractivity (Wildman–Crippen MR) is 48.4 cm³/mol. The lowest BCUT2D eigenvalue weighted by atomic mass is 10.1. The molecule has 0 unspecified atom stereocenters. The van der Waals surface area contributed by atoms with E-state index in [1.807, 2.05) is 30.5 Å². The zero-order valence-electron chi connectivity index (χ0n) is 6.49. The monoisotopic (exact) mass is 159 g/mol. The minimum Gasteiger partial charge on any atom is -0.399 e. The molecule has 0 atom stereocenters. The van der Waals surface area contributed by atoms with Gasteiger partial charge in [0.15, 0.2) is 0 Å². The number of aromatic nitrogens is 2. The average Bonchev–Trinajstić information content (AvgIpc) is 2.58. The summed E-state index contributed by atoms with van der Waals surface area (Å²) >= 11 is 0. The molecule has 3 nitrogen and oxygen atoms in total. The summed E-state index contributed by atoms with van der Waals surface area (Å²) in [7, 11) is 0. The molecule has 1 aromatic carbocycles. The molecule has 3 N–H and O–H groups in total. The fourth-order valence-corrected chi connectivity index (χ4v) is 1.08. The molecule has 60 valence electrons. The van der Waals surface area contributed by atoms with Crippen LogP contribution in [0.2, 0.25) is 0 Å². The van der Waals surface area contributed by atoms with Crippen molar-refractivity contribution >= 4 is 5.69 Å². The van der Waals surface area contributed by atoms with E-state index in [1.54, 1.807) is 6.20 Å². The Morgan fingerprint density at radius 1 is 1.08 bits per heavy atom. The molecule has 2 rings (SSSR count). The maximum Gasteiger partial charge on any atom is 0.0565 e. The number of benzene rings is 1. The molecule has 0 aliphatic heterocycles. The first-order chi connectivity index (χ1) is 5.86. The van der Waals surface area contributed by atoms with E-state index < -0.39 is 0 Å². The summed E-state index contributed by atoms with van der Waals surface area (Å²) in [6, 6.07) is 7.70. The van der Waals surface area contributed by atoms with Gasteiger partial charge < -0.3 is 5.73 Å². The third kappa shape index (κ3) is 1.16. The third-order valence-corrected chi connectivity index (χ3v) is 1.74. The van der Waals surface area contributed by atoms with Crippen LogP contribution >= 0.6 is 0 Å². The molecular weight excluding hydrogens is 150 g/mol. The van der Waals surface area contributed by atoms with E-state index >= 15 is 0 Å². The molecule has 0 bridgehead atoms. The number of hydrogen-bond donors (Lipinski definition) is 2. The van der Waals surface area contributed by atoms with Gasteiger partial charge in [-0.15, -0.1) is 0 Å². The molecule has 0 saturated carbocycles. The number of nitrogen functional groups attached to an aromatic ring is 1. The van der Waals surface area contributed by atoms with E-state index in [0.29, 0.717) is 0 Å². The molecule has 0 fully saturated rings. The first kappa shape index (κ1) is 6.91. The van der Waals surface area contributed by atoms with Crippen molar-refractivity contribution in [3.63, 3.8) is 0 Å². The lowest BCUT2D eigenvalue weighted by molar-refractivity contribution is 1.09. The van der Waals surface area contributed by atoms with Gasteiger partial charge in [0.1, 0.15) is 0 Å². The maximum atomic E-state index is 5.56. The number of nitrogens with two attached hydrogens (primary N) is 1. The van der Waals surface area contributed by atoms with Crippen molar-refractivity contribution in [1.29, 1.82) is 0 Å². The first-order valence-corrected chi connectivity index (χ1v) is 3.71. The van der Waals surface area contributed by atoms with Crippen LogP contribution in [-0.4, -0.2) is 10.2 Å². The zero-order chi connectivity index (χ0) is 8.39. The van der Waals surface area contributed by atoms with Gasteiger partial charge in [-0.05, 0) is 17.7 Å². The van der Waals surface area contributed by atoms with Crippen molar-refractivity contribution in [3.05, 3.63) is 36.7 Å². The summed E-state index contributed by atoms with van der Waals surface area (Å²) in [5, 5.41) is 6.63. The van der Waals surface area contributed by atoms with E-state index in [0.717, 1.165) is 16.8 Å². The standard InChI is InChI=1S/C9H9N3/c10-9-3-1-7(2-4-9)8-5-11-12-6-8/h1-6H,10H2,(H,11,12). The highest BCUT2D eigenvalue weighted by Crippen LogP contribution is 2.18. The van der Waals surface area contributed by atoms with E-state index in [4.69, 9.17) is 5.73 Å². The van der Waals surface area contributed by atoms with Crippen molar-refractivity contribution in [1.82, 2.24) is 10.2 Å². The molecule has 3 heteroatoms. The van der Waals surface area contributed by atoms with Crippen molar-refractivity contribution < 1.29 is 0 Å². The Morgan fingerprint density at radius 3 is 2.42 bits per heavy atom. The van der Waals surface area contributed by atoms with Crippen LogP contribution in [0.1, 0.15) is 0 Å². The van der Waals surface area contributed by atoms with E-state index in [2.05, 4.69) is 10.2 Å². The SMILES string of the molecule is Nc1ccc(-c2cn[nH]c2)cc1. The largest absolute Gasteiger partial charge is 0.399 e. The fraction of sp³-hybridized carbons (Fsp3) is 0. The number of hydrogen-bond acceptors (Lipinski definition) is 2. The van der Waals surface area contributed by atoms with Crippen LogP contribution in [-0.2, 0) is 0 Å². The summed E-state index contributed by atoms with van der Waals surface area (Å²) in [5.74, 6) is 0. The second-order valence-corrected chi connectivity index (χ2v) is 2.61. The van der Waals surface area contributed by atoms with Crippen LogP contribution in [0, 0.1) is 0 Å². The highest BCUT2D eigenvalue weighted by atomic mass is 15.1. The summed E-state index contributed by atoms with van der Waals surface area (Å²) in [6.07, 6.45) is 3.64. The minimum atomic E-state index is 0.780. The van der Waals surface area contributed by atoms with E-state index in [-0.39, 0.29) is 0 Å². The van der Waals surface area contributed by atoms with Gasteiger partial charge in [-0.25, -0.2) is 0 Å². The summed E-state index contributed by atoms with van der Waals surface area (Å²) in [6.45, 7) is 0. The zero-order valence-corrected chi connectivity index (χ0v) is 6.49. The minimum absolute atomic E-state index is 0.780. The molecular formula is C9H9N3. The molecule has 1 aromatic heterocycles. The molecule has 0 aliphatic rings. The van der Waals surface area contributed by atoms with Crippen LogP contribution in [0.15, 0.2) is 36.7 Å². The quantitative estimate of drug-likeness (QED) is 0.622. The molecule has 12 heavy (non-hydrogen) atoms. The van der Waals surface area contributed by atoms with Crippen LogP contribution in [0.3, 0.4) is 0 Å². The lowest BCUT2D eigenvalue weighted by Gasteiger charge is -1.96. The van der Waals surface area contributed by atoms with Gasteiger partial charge in [-0.3, -0.25) is 5.10 Å². The van der Waals surface area contributed by atoms with E-state index in [9.17, 15) is 0 Å². The molecule has 0 aliphatic carbocycles. The lowest BCUT2D eigenvalue weighted by Crippen LogP contribution is -1.82. The highest BCUT2D eigenvalue weighted by Gasteiger charge is 1.96. The Morgan fingerprint density at radius 2 is 1.83 bits per heavy atom. The fourth-order valence-electron chi connectivity index (χ4n) is 1.08. The van der Waals surface area contributed by atoms with Gasteiger partial charge in [0.05, 0.1) is 6.20 Å². The topological polar surface area (TPSA) is 54.7 Å². The van der Waals surface area contributed by atoms with Crippen molar-refractivity contribution in [2.75, 3.05) is 5.73 Å². The highest BCUT2D eigenvalue weighted by molar-refractivity contribution is 5.63. The Bertz CT molecular complexity index is 348. The van der Waals surface area contributed by atoms with Crippen molar-refractivity contribution in [3.8, 4) is 11.1 Å². The van der Waals surface area contributed by atoms with Crippen LogP contribution in [0.5, 0.6) is 0 Å². The van der Waals surface area contributed by atoms with Crippen molar-refractivity contribution in [2.45, 2.75) is 0 Å². The van der Waals surface area contributed by atoms with Crippen LogP contribution < -0.4 is 5.73 Å². The third-order valence-electron chi connectivity index (χ3n) is 1.74. The Kier molecular flexibility index (Phi) is 1.55. The van der Waals surface area contributed by atoms with Crippen LogP contribution in [0.25, 0.3) is 11.1 Å². The van der Waals surface area contributed by atoms with Crippen LogP contribution in [0.4, 0.5) is 5.69 Å². The molecule has 0 spiro atoms. The Balaban J connectivity index is 2.43. The number of H-pyrrole nitrogens is 1. The summed E-state index contributed by atoms with van der Waals surface area (Å²) in [5.41, 5.74) is 8.54. The number of nitrogens with zero attached hydrogens (tertiary/aromatic N) is 1. The summed E-state index contributed by atoms with van der Waals surface area (Å²) in [4.78, 5) is 0. The number of nitrogens with one attached hydrogen (secondary N) is 1. The Labute approximate surface area is 70.2 Å². The molecule has 0 amide bonds. The molecule has 2 aromatic rings.